The first kappa shape index (κ1) is 26.4. The molecule has 1 atom stereocenters. The zero-order valence-electron chi connectivity index (χ0n) is 15.8. The van der Waals surface area contributed by atoms with Crippen LogP contribution in [0.1, 0.15) is 57.8 Å². The van der Waals surface area contributed by atoms with E-state index in [1.165, 1.54) is 0 Å². The predicted molar refractivity (Wildman–Crippen MR) is 91.2 cm³/mol. The predicted octanol–water partition coefficient (Wildman–Crippen LogP) is -1.67. The number of aliphatic carboxylic acids is 2. The first-order valence-corrected chi connectivity index (χ1v) is 8.94. The first-order valence-electron chi connectivity index (χ1n) is 8.94. The van der Waals surface area contributed by atoms with Gasteiger partial charge in [-0.3, -0.25) is 4.79 Å². The van der Waals surface area contributed by atoms with Crippen molar-refractivity contribution < 1.29 is 48.3 Å². The van der Waals surface area contributed by atoms with Gasteiger partial charge in [-0.15, -0.1) is 6.58 Å². The van der Waals surface area contributed by atoms with E-state index in [1.54, 1.807) is 0 Å². The van der Waals surface area contributed by atoms with Gasteiger partial charge >= 0.3 is 24.8 Å². The number of nitrogens with zero attached hydrogens (tertiary/aromatic N) is 1. The summed E-state index contributed by atoms with van der Waals surface area (Å²) < 4.78 is 0.596. The summed E-state index contributed by atoms with van der Waals surface area (Å²) >= 11 is 0. The van der Waals surface area contributed by atoms with E-state index < -0.39 is 11.9 Å². The number of hydrogen-bond acceptors (Lipinski definition) is 4. The molecule has 0 heterocycles. The SMILES string of the molecule is C=CCCCCCC[N+](CCO)(CCCC(=O)[O-])CCCC(=O)O.[Li+]. The van der Waals surface area contributed by atoms with Gasteiger partial charge in [-0.2, -0.15) is 0 Å². The maximum absolute atomic E-state index is 10.8. The van der Waals surface area contributed by atoms with Crippen LogP contribution in [0.15, 0.2) is 12.7 Å². The van der Waals surface area contributed by atoms with Crippen LogP contribution in [-0.4, -0.2) is 59.4 Å². The molecule has 1 unspecified atom stereocenters. The van der Waals surface area contributed by atoms with Gasteiger partial charge in [-0.1, -0.05) is 12.5 Å². The Bertz CT molecular complexity index is 356. The fourth-order valence-corrected chi connectivity index (χ4v) is 3.10. The van der Waals surface area contributed by atoms with Crippen molar-refractivity contribution in [2.45, 2.75) is 57.8 Å². The number of carbonyl (C=O) groups is 2. The summed E-state index contributed by atoms with van der Waals surface area (Å²) in [6, 6.07) is 0. The summed E-state index contributed by atoms with van der Waals surface area (Å²) in [7, 11) is 0. The number of aliphatic hydroxyl groups excluding tert-OH is 1. The van der Waals surface area contributed by atoms with Crippen LogP contribution < -0.4 is 24.0 Å². The van der Waals surface area contributed by atoms with Crippen molar-refractivity contribution in [1.82, 2.24) is 0 Å². The molecule has 25 heavy (non-hydrogen) atoms. The Morgan fingerprint density at radius 3 is 2.00 bits per heavy atom. The first-order chi connectivity index (χ1) is 11.5. The van der Waals surface area contributed by atoms with Gasteiger partial charge in [0.25, 0.3) is 0 Å². The summed E-state index contributed by atoms with van der Waals surface area (Å²) in [5.74, 6) is -1.89. The Labute approximate surface area is 163 Å². The average Bonchev–Trinajstić information content (AvgIpc) is 2.50. The Morgan fingerprint density at radius 2 is 1.48 bits per heavy atom. The molecule has 140 valence electrons. The smallest absolute Gasteiger partial charge is 0.550 e. The van der Waals surface area contributed by atoms with E-state index >= 15 is 0 Å². The van der Waals surface area contributed by atoms with Gasteiger partial charge in [0, 0.05) is 18.8 Å². The van der Waals surface area contributed by atoms with Gasteiger partial charge in [0.2, 0.25) is 0 Å². The van der Waals surface area contributed by atoms with Gasteiger partial charge in [0.1, 0.15) is 6.54 Å². The third kappa shape index (κ3) is 15.2. The van der Waals surface area contributed by atoms with E-state index in [4.69, 9.17) is 5.11 Å². The van der Waals surface area contributed by atoms with E-state index in [0.717, 1.165) is 38.6 Å². The second-order valence-electron chi connectivity index (χ2n) is 6.42. The number of hydrogen-bond donors (Lipinski definition) is 2. The van der Waals surface area contributed by atoms with Gasteiger partial charge < -0.3 is 24.6 Å². The summed E-state index contributed by atoms with van der Waals surface area (Å²) in [4.78, 5) is 21.4. The molecule has 7 heteroatoms. The van der Waals surface area contributed by atoms with Gasteiger partial charge in [-0.25, -0.2) is 0 Å². The summed E-state index contributed by atoms with van der Waals surface area (Å²) in [5.41, 5.74) is 0. The molecule has 0 rings (SSSR count). The Balaban J connectivity index is 0. The van der Waals surface area contributed by atoms with Crippen molar-refractivity contribution in [3.8, 4) is 0 Å². The molecular weight excluding hydrogens is 317 g/mol. The van der Waals surface area contributed by atoms with Crippen LogP contribution in [0.2, 0.25) is 0 Å². The third-order valence-corrected chi connectivity index (χ3v) is 4.40. The Hall–Kier alpha value is -0.803. The van der Waals surface area contributed by atoms with Gasteiger partial charge in [0.15, 0.2) is 0 Å². The maximum atomic E-state index is 10.8. The molecule has 2 N–H and O–H groups in total. The topological polar surface area (TPSA) is 97.7 Å². The zero-order chi connectivity index (χ0) is 18.3. The van der Waals surface area contributed by atoms with Crippen molar-refractivity contribution in [2.75, 3.05) is 32.8 Å². The molecule has 0 aromatic heterocycles. The van der Waals surface area contributed by atoms with Crippen LogP contribution in [-0.2, 0) is 9.59 Å². The van der Waals surface area contributed by atoms with E-state index in [1.807, 2.05) is 6.08 Å². The summed E-state index contributed by atoms with van der Waals surface area (Å²) in [5, 5.41) is 28.9. The number of carboxylic acid groups (broad SMARTS) is 2. The molecular formula is C18H33LiNO5+. The second kappa shape index (κ2) is 16.7. The van der Waals surface area contributed by atoms with Crippen molar-refractivity contribution in [1.29, 1.82) is 0 Å². The number of quaternary nitrogens is 1. The van der Waals surface area contributed by atoms with Crippen LogP contribution >= 0.6 is 0 Å². The molecule has 0 aliphatic rings. The summed E-state index contributed by atoms with van der Waals surface area (Å²) in [6.45, 7) is 6.42. The molecule has 0 bridgehead atoms. The summed E-state index contributed by atoms with van der Waals surface area (Å²) in [6.07, 6.45) is 8.39. The van der Waals surface area contributed by atoms with Crippen LogP contribution in [0, 0.1) is 0 Å². The van der Waals surface area contributed by atoms with Crippen molar-refractivity contribution in [3.63, 3.8) is 0 Å². The fraction of sp³-hybridized carbons (Fsp3) is 0.778. The minimum absolute atomic E-state index is 0. The number of unbranched alkanes of at least 4 members (excludes halogenated alkanes) is 4. The van der Waals surface area contributed by atoms with E-state index in [2.05, 4.69) is 6.58 Å². The molecule has 0 saturated heterocycles. The van der Waals surface area contributed by atoms with Crippen LogP contribution in [0.4, 0.5) is 0 Å². The molecule has 0 fully saturated rings. The molecule has 0 aliphatic carbocycles. The Morgan fingerprint density at radius 1 is 0.920 bits per heavy atom. The van der Waals surface area contributed by atoms with Crippen molar-refractivity contribution in [3.05, 3.63) is 12.7 Å². The van der Waals surface area contributed by atoms with E-state index in [9.17, 15) is 19.8 Å². The molecule has 0 amide bonds. The number of allylic oxidation sites excluding steroid dienone is 1. The molecule has 0 aliphatic heterocycles. The van der Waals surface area contributed by atoms with Crippen LogP contribution in [0.25, 0.3) is 0 Å². The molecule has 0 saturated carbocycles. The standard InChI is InChI=1S/C18H33NO5.Li/c1-2-3-4-5-6-7-12-19(15-16-20,13-8-10-17(21)22)14-9-11-18(23)24;/h2,20H,1,3-16H2,(H-,21,22,23,24);/q;+1. The second-order valence-corrected chi connectivity index (χ2v) is 6.42. The largest absolute Gasteiger partial charge is 1.00 e. The molecule has 0 aromatic carbocycles. The van der Waals surface area contributed by atoms with E-state index in [0.29, 0.717) is 37.0 Å². The monoisotopic (exact) mass is 350 g/mol. The number of aliphatic hydroxyl groups is 1. The Kier molecular flexibility index (Phi) is 17.6. The molecule has 0 aromatic rings. The van der Waals surface area contributed by atoms with Gasteiger partial charge in [-0.05, 0) is 32.1 Å². The van der Waals surface area contributed by atoms with Crippen molar-refractivity contribution in [2.24, 2.45) is 0 Å². The van der Waals surface area contributed by atoms with Gasteiger partial charge in [0.05, 0.1) is 32.7 Å². The normalized spacial score (nSPS) is 12.8. The molecule has 0 spiro atoms. The number of rotatable bonds is 17. The average molecular weight is 350 g/mol. The van der Waals surface area contributed by atoms with Crippen LogP contribution in [0.3, 0.4) is 0 Å². The minimum Gasteiger partial charge on any atom is -0.550 e. The third-order valence-electron chi connectivity index (χ3n) is 4.40. The number of carbonyl (C=O) groups excluding carboxylic acids is 1. The zero-order valence-corrected chi connectivity index (χ0v) is 15.8. The molecule has 0 radical (unpaired) electrons. The van der Waals surface area contributed by atoms with Crippen LogP contribution in [0.5, 0.6) is 0 Å². The fourth-order valence-electron chi connectivity index (χ4n) is 3.10. The quantitative estimate of drug-likeness (QED) is 0.141. The maximum Gasteiger partial charge on any atom is 1.00 e. The number of carboxylic acids is 2. The molecule has 6 nitrogen and oxygen atoms in total. The van der Waals surface area contributed by atoms with E-state index in [-0.39, 0.29) is 38.3 Å². The van der Waals surface area contributed by atoms with Crippen molar-refractivity contribution >= 4 is 11.9 Å². The minimum atomic E-state index is -1.06.